The van der Waals surface area contributed by atoms with E-state index in [1.54, 1.807) is 12.1 Å². The van der Waals surface area contributed by atoms with Gasteiger partial charge in [-0.15, -0.1) is 0 Å². The van der Waals surface area contributed by atoms with E-state index in [0.717, 1.165) is 18.8 Å². The molecule has 140 valence electrons. The van der Waals surface area contributed by atoms with Crippen LogP contribution in [-0.2, 0) is 14.8 Å². The monoisotopic (exact) mass is 395 g/mol. The smallest absolute Gasteiger partial charge is 0.241 e. The van der Waals surface area contributed by atoms with Gasteiger partial charge in [0.05, 0.1) is 11.4 Å². The van der Waals surface area contributed by atoms with E-state index in [1.807, 2.05) is 12.1 Å². The summed E-state index contributed by atoms with van der Waals surface area (Å²) in [6.45, 7) is 5.59. The summed E-state index contributed by atoms with van der Waals surface area (Å²) >= 11 is 5.75. The van der Waals surface area contributed by atoms with E-state index < -0.39 is 15.9 Å². The van der Waals surface area contributed by atoms with Gasteiger partial charge in [0.25, 0.3) is 0 Å². The Labute approximate surface area is 159 Å². The van der Waals surface area contributed by atoms with Crippen molar-refractivity contribution in [2.24, 2.45) is 0 Å². The molecule has 0 aliphatic rings. The third-order valence-corrected chi connectivity index (χ3v) is 5.50. The molecule has 0 aliphatic carbocycles. The van der Waals surface area contributed by atoms with Crippen molar-refractivity contribution in [3.63, 3.8) is 0 Å². The maximum Gasteiger partial charge on any atom is 0.241 e. The van der Waals surface area contributed by atoms with Crippen molar-refractivity contribution in [3.05, 3.63) is 53.6 Å². The van der Waals surface area contributed by atoms with Crippen LogP contribution in [0.15, 0.2) is 53.4 Å². The highest BCUT2D eigenvalue weighted by atomic mass is 35.5. The third-order valence-electron chi connectivity index (χ3n) is 3.83. The normalized spacial score (nSPS) is 11.2. The molecule has 0 saturated heterocycles. The Balaban J connectivity index is 1.93. The number of nitrogens with zero attached hydrogens (tertiary/aromatic N) is 1. The van der Waals surface area contributed by atoms with E-state index in [9.17, 15) is 13.2 Å². The Hall–Kier alpha value is -2.09. The van der Waals surface area contributed by atoms with Gasteiger partial charge in [0.15, 0.2) is 0 Å². The van der Waals surface area contributed by atoms with Crippen LogP contribution < -0.4 is 14.9 Å². The van der Waals surface area contributed by atoms with Crippen molar-refractivity contribution in [1.82, 2.24) is 4.72 Å². The molecule has 0 unspecified atom stereocenters. The van der Waals surface area contributed by atoms with Gasteiger partial charge in [-0.1, -0.05) is 11.6 Å². The minimum atomic E-state index is -3.77. The molecule has 0 aromatic heterocycles. The van der Waals surface area contributed by atoms with Crippen LogP contribution in [0, 0.1) is 0 Å². The van der Waals surface area contributed by atoms with Crippen LogP contribution in [0.2, 0.25) is 5.02 Å². The molecule has 0 heterocycles. The molecule has 0 bridgehead atoms. The third kappa shape index (κ3) is 5.45. The van der Waals surface area contributed by atoms with Gasteiger partial charge in [0, 0.05) is 29.5 Å². The van der Waals surface area contributed by atoms with Crippen LogP contribution in [-0.4, -0.2) is 34.0 Å². The Morgan fingerprint density at radius 1 is 1.00 bits per heavy atom. The first-order chi connectivity index (χ1) is 12.4. The van der Waals surface area contributed by atoms with Crippen LogP contribution in [0.1, 0.15) is 13.8 Å². The summed E-state index contributed by atoms with van der Waals surface area (Å²) in [6, 6.07) is 13.1. The summed E-state index contributed by atoms with van der Waals surface area (Å²) in [5.41, 5.74) is 1.67. The molecule has 2 aromatic rings. The van der Waals surface area contributed by atoms with E-state index in [0.29, 0.717) is 10.7 Å². The van der Waals surface area contributed by atoms with Crippen molar-refractivity contribution in [2.45, 2.75) is 18.7 Å². The van der Waals surface area contributed by atoms with Crippen molar-refractivity contribution in [3.8, 4) is 0 Å². The molecule has 2 N–H and O–H groups in total. The SMILES string of the molecule is CCN(CC)c1ccc(NC(=O)CNS(=O)(=O)c2ccc(Cl)cc2)cc1. The van der Waals surface area contributed by atoms with Crippen LogP contribution in [0.3, 0.4) is 0 Å². The summed E-state index contributed by atoms with van der Waals surface area (Å²) < 4.78 is 26.6. The predicted molar refractivity (Wildman–Crippen MR) is 105 cm³/mol. The molecule has 0 atom stereocenters. The molecule has 0 radical (unpaired) electrons. The average Bonchev–Trinajstić information content (AvgIpc) is 2.63. The second-order valence-corrected chi connectivity index (χ2v) is 7.75. The van der Waals surface area contributed by atoms with Crippen LogP contribution in [0.25, 0.3) is 0 Å². The molecular weight excluding hydrogens is 374 g/mol. The number of sulfonamides is 1. The highest BCUT2D eigenvalue weighted by molar-refractivity contribution is 7.89. The van der Waals surface area contributed by atoms with Crippen LogP contribution in [0.5, 0.6) is 0 Å². The first kappa shape index (κ1) is 20.2. The first-order valence-corrected chi connectivity index (χ1v) is 10.1. The quantitative estimate of drug-likeness (QED) is 0.719. The number of hydrogen-bond donors (Lipinski definition) is 2. The molecule has 2 aromatic carbocycles. The number of rotatable bonds is 8. The molecule has 26 heavy (non-hydrogen) atoms. The zero-order chi connectivity index (χ0) is 19.2. The number of hydrogen-bond acceptors (Lipinski definition) is 4. The Kier molecular flexibility index (Phi) is 7.02. The highest BCUT2D eigenvalue weighted by Gasteiger charge is 2.15. The van der Waals surface area contributed by atoms with E-state index in [2.05, 4.69) is 28.8 Å². The number of anilines is 2. The fraction of sp³-hybridized carbons (Fsp3) is 0.278. The van der Waals surface area contributed by atoms with Gasteiger partial charge in [0.2, 0.25) is 15.9 Å². The number of amides is 1. The largest absolute Gasteiger partial charge is 0.372 e. The molecule has 1 amide bonds. The number of nitrogens with one attached hydrogen (secondary N) is 2. The summed E-state index contributed by atoms with van der Waals surface area (Å²) in [4.78, 5) is 14.2. The van der Waals surface area contributed by atoms with Crippen molar-refractivity contribution in [2.75, 3.05) is 29.9 Å². The fourth-order valence-electron chi connectivity index (χ4n) is 2.41. The van der Waals surface area contributed by atoms with Crippen LogP contribution in [0.4, 0.5) is 11.4 Å². The van der Waals surface area contributed by atoms with Gasteiger partial charge in [0.1, 0.15) is 0 Å². The molecule has 0 spiro atoms. The van der Waals surface area contributed by atoms with Gasteiger partial charge >= 0.3 is 0 Å². The van der Waals surface area contributed by atoms with E-state index in [4.69, 9.17) is 11.6 Å². The Bertz CT molecular complexity index is 833. The summed E-state index contributed by atoms with van der Waals surface area (Å²) in [7, 11) is -3.77. The topological polar surface area (TPSA) is 78.5 Å². The predicted octanol–water partition coefficient (Wildman–Crippen LogP) is 3.10. The lowest BCUT2D eigenvalue weighted by Gasteiger charge is -2.21. The van der Waals surface area contributed by atoms with Gasteiger partial charge in [-0.3, -0.25) is 4.79 Å². The lowest BCUT2D eigenvalue weighted by atomic mass is 10.2. The molecule has 8 heteroatoms. The summed E-state index contributed by atoms with van der Waals surface area (Å²) in [5.74, 6) is -0.446. The van der Waals surface area contributed by atoms with Gasteiger partial charge in [-0.2, -0.15) is 0 Å². The Morgan fingerprint density at radius 2 is 1.58 bits per heavy atom. The standard InChI is InChI=1S/C18H22ClN3O3S/c1-3-22(4-2)16-9-7-15(8-10-16)21-18(23)13-20-26(24,25)17-11-5-14(19)6-12-17/h5-12,20H,3-4,13H2,1-2H3,(H,21,23). The molecule has 0 aliphatic heterocycles. The number of carbonyl (C=O) groups is 1. The first-order valence-electron chi connectivity index (χ1n) is 8.25. The molecule has 6 nitrogen and oxygen atoms in total. The van der Waals surface area contributed by atoms with Crippen molar-refractivity contribution >= 4 is 38.9 Å². The lowest BCUT2D eigenvalue weighted by molar-refractivity contribution is -0.115. The number of carbonyl (C=O) groups excluding carboxylic acids is 1. The molecular formula is C18H22ClN3O3S. The zero-order valence-electron chi connectivity index (χ0n) is 14.7. The lowest BCUT2D eigenvalue weighted by Crippen LogP contribution is -2.32. The maximum absolute atomic E-state index is 12.1. The van der Waals surface area contributed by atoms with E-state index in [-0.39, 0.29) is 11.4 Å². The maximum atomic E-state index is 12.1. The zero-order valence-corrected chi connectivity index (χ0v) is 16.3. The molecule has 0 fully saturated rings. The molecule has 2 rings (SSSR count). The van der Waals surface area contributed by atoms with E-state index >= 15 is 0 Å². The molecule has 0 saturated carbocycles. The van der Waals surface area contributed by atoms with Gasteiger partial charge < -0.3 is 10.2 Å². The summed E-state index contributed by atoms with van der Waals surface area (Å²) in [5, 5.41) is 3.11. The van der Waals surface area contributed by atoms with Gasteiger partial charge in [-0.25, -0.2) is 13.1 Å². The minimum Gasteiger partial charge on any atom is -0.372 e. The number of benzene rings is 2. The highest BCUT2D eigenvalue weighted by Crippen LogP contribution is 2.18. The Morgan fingerprint density at radius 3 is 2.12 bits per heavy atom. The average molecular weight is 396 g/mol. The fourth-order valence-corrected chi connectivity index (χ4v) is 3.52. The van der Waals surface area contributed by atoms with Crippen molar-refractivity contribution < 1.29 is 13.2 Å². The second kappa shape index (κ2) is 9.02. The minimum absolute atomic E-state index is 0.0540. The van der Waals surface area contributed by atoms with Gasteiger partial charge in [-0.05, 0) is 62.4 Å². The van der Waals surface area contributed by atoms with E-state index in [1.165, 1.54) is 24.3 Å². The number of halogens is 1. The van der Waals surface area contributed by atoms with Crippen molar-refractivity contribution in [1.29, 1.82) is 0 Å². The summed E-state index contributed by atoms with van der Waals surface area (Å²) in [6.07, 6.45) is 0. The van der Waals surface area contributed by atoms with Crippen LogP contribution >= 0.6 is 11.6 Å². The second-order valence-electron chi connectivity index (χ2n) is 5.55.